The third kappa shape index (κ3) is 5.36. The van der Waals surface area contributed by atoms with Gasteiger partial charge in [-0.3, -0.25) is 9.59 Å². The van der Waals surface area contributed by atoms with Crippen LogP contribution in [0.25, 0.3) is 0 Å². The molecule has 2 aliphatic rings. The molecule has 148 valence electrons. The first-order valence-corrected chi connectivity index (χ1v) is 10.1. The first-order valence-electron chi connectivity index (χ1n) is 9.76. The van der Waals surface area contributed by atoms with Crippen molar-refractivity contribution in [1.29, 1.82) is 0 Å². The summed E-state index contributed by atoms with van der Waals surface area (Å²) >= 11 is 6.06. The molecule has 6 nitrogen and oxygen atoms in total. The molecule has 1 saturated carbocycles. The molecular weight excluding hydrogens is 366 g/mol. The predicted molar refractivity (Wildman–Crippen MR) is 105 cm³/mol. The van der Waals surface area contributed by atoms with Crippen molar-refractivity contribution in [1.82, 2.24) is 15.5 Å². The Hall–Kier alpha value is -1.79. The number of hydrogen-bond acceptors (Lipinski definition) is 4. The fraction of sp³-hybridized carbons (Fsp3) is 0.600. The maximum absolute atomic E-state index is 12.5. The van der Waals surface area contributed by atoms with Crippen molar-refractivity contribution in [2.45, 2.75) is 50.7 Å². The minimum atomic E-state index is -0.362. The molecule has 1 aliphatic heterocycles. The summed E-state index contributed by atoms with van der Waals surface area (Å²) in [5.74, 6) is -0.0975. The Balaban J connectivity index is 1.59. The van der Waals surface area contributed by atoms with Gasteiger partial charge in [0, 0.05) is 31.2 Å². The van der Waals surface area contributed by atoms with E-state index in [2.05, 4.69) is 15.5 Å². The number of piperidine rings is 1. The largest absolute Gasteiger partial charge is 0.489 e. The number of hydrogen-bond donors (Lipinski definition) is 2. The lowest BCUT2D eigenvalue weighted by molar-refractivity contribution is -0.119. The molecule has 1 aliphatic carbocycles. The van der Waals surface area contributed by atoms with Crippen molar-refractivity contribution in [3.8, 4) is 5.75 Å². The second-order valence-electron chi connectivity index (χ2n) is 7.29. The van der Waals surface area contributed by atoms with Crippen LogP contribution in [0.15, 0.2) is 18.2 Å². The Labute approximate surface area is 165 Å². The number of carbonyl (C=O) groups is 2. The minimum absolute atomic E-state index is 0.0823. The fourth-order valence-electron chi connectivity index (χ4n) is 3.93. The maximum Gasteiger partial charge on any atom is 0.255 e. The first kappa shape index (κ1) is 20.0. The molecule has 0 aromatic heterocycles. The number of likely N-dealkylation sites (tertiary alicyclic amines) is 1. The predicted octanol–water partition coefficient (Wildman–Crippen LogP) is 2.60. The van der Waals surface area contributed by atoms with Gasteiger partial charge in [-0.1, -0.05) is 24.4 Å². The normalized spacial score (nSPS) is 19.0. The highest BCUT2D eigenvalue weighted by atomic mass is 35.5. The molecular formula is C20H28ClN3O3. The minimum Gasteiger partial charge on any atom is -0.489 e. The third-order valence-electron chi connectivity index (χ3n) is 5.49. The molecule has 7 heteroatoms. The van der Waals surface area contributed by atoms with Gasteiger partial charge < -0.3 is 20.3 Å². The van der Waals surface area contributed by atoms with Crippen molar-refractivity contribution in [2.75, 3.05) is 26.7 Å². The molecule has 3 rings (SSSR count). The highest BCUT2D eigenvalue weighted by molar-refractivity contribution is 6.31. The number of nitrogens with one attached hydrogen (secondary N) is 2. The summed E-state index contributed by atoms with van der Waals surface area (Å²) in [6.07, 6.45) is 7.34. The molecule has 1 heterocycles. The standard InChI is InChI=1S/C20H28ClN3O3/c1-22-19(25)13-23-20(26)17-12-14(21)6-7-18(17)27-16-8-10-24(11-9-16)15-4-2-3-5-15/h6-7,12,15-16H,2-5,8-11,13H2,1H3,(H,22,25)(H,23,26). The van der Waals surface area contributed by atoms with E-state index in [-0.39, 0.29) is 24.5 Å². The van der Waals surface area contributed by atoms with Crippen LogP contribution < -0.4 is 15.4 Å². The average Bonchev–Trinajstić information content (AvgIpc) is 3.22. The number of nitrogens with zero attached hydrogens (tertiary/aromatic N) is 1. The monoisotopic (exact) mass is 393 g/mol. The van der Waals surface area contributed by atoms with Gasteiger partial charge in [0.15, 0.2) is 0 Å². The second-order valence-corrected chi connectivity index (χ2v) is 7.72. The highest BCUT2D eigenvalue weighted by Crippen LogP contribution is 2.29. The zero-order valence-corrected chi connectivity index (χ0v) is 16.6. The lowest BCUT2D eigenvalue weighted by Crippen LogP contribution is -2.43. The van der Waals surface area contributed by atoms with E-state index < -0.39 is 0 Å². The highest BCUT2D eigenvalue weighted by Gasteiger charge is 2.28. The number of amides is 2. The van der Waals surface area contributed by atoms with Crippen LogP contribution in [0.5, 0.6) is 5.75 Å². The van der Waals surface area contributed by atoms with Crippen LogP contribution in [-0.4, -0.2) is 55.5 Å². The summed E-state index contributed by atoms with van der Waals surface area (Å²) in [5, 5.41) is 5.54. The number of ether oxygens (including phenoxy) is 1. The average molecular weight is 394 g/mol. The van der Waals surface area contributed by atoms with Gasteiger partial charge in [-0.2, -0.15) is 0 Å². The quantitative estimate of drug-likeness (QED) is 0.779. The van der Waals surface area contributed by atoms with Gasteiger partial charge in [0.1, 0.15) is 11.9 Å². The molecule has 2 N–H and O–H groups in total. The Morgan fingerprint density at radius 3 is 2.56 bits per heavy atom. The summed E-state index contributed by atoms with van der Waals surface area (Å²) in [5.41, 5.74) is 0.365. The lowest BCUT2D eigenvalue weighted by Gasteiger charge is -2.36. The zero-order chi connectivity index (χ0) is 19.2. The molecule has 0 bridgehead atoms. The van der Waals surface area contributed by atoms with Gasteiger partial charge in [0.25, 0.3) is 5.91 Å². The molecule has 2 amide bonds. The van der Waals surface area contributed by atoms with Crippen molar-refractivity contribution in [3.63, 3.8) is 0 Å². The van der Waals surface area contributed by atoms with E-state index in [0.717, 1.165) is 32.0 Å². The van der Waals surface area contributed by atoms with Crippen LogP contribution in [0.3, 0.4) is 0 Å². The van der Waals surface area contributed by atoms with Gasteiger partial charge >= 0.3 is 0 Å². The Bertz CT molecular complexity index is 668. The molecule has 0 atom stereocenters. The van der Waals surface area contributed by atoms with E-state index in [1.165, 1.54) is 32.7 Å². The van der Waals surface area contributed by atoms with Crippen LogP contribution in [0, 0.1) is 0 Å². The number of carbonyl (C=O) groups excluding carboxylic acids is 2. The summed E-state index contributed by atoms with van der Waals surface area (Å²) in [6.45, 7) is 2.00. The topological polar surface area (TPSA) is 70.7 Å². The van der Waals surface area contributed by atoms with Crippen LogP contribution in [0.2, 0.25) is 5.02 Å². The van der Waals surface area contributed by atoms with Gasteiger partial charge in [-0.05, 0) is 43.9 Å². The van der Waals surface area contributed by atoms with Crippen LogP contribution >= 0.6 is 11.6 Å². The SMILES string of the molecule is CNC(=O)CNC(=O)c1cc(Cl)ccc1OC1CCN(C2CCCC2)CC1. The molecule has 27 heavy (non-hydrogen) atoms. The molecule has 1 saturated heterocycles. The smallest absolute Gasteiger partial charge is 0.255 e. The van der Waals surface area contributed by atoms with E-state index in [1.54, 1.807) is 18.2 Å². The Kier molecular flexibility index (Phi) is 6.96. The Morgan fingerprint density at radius 2 is 1.89 bits per heavy atom. The fourth-order valence-corrected chi connectivity index (χ4v) is 4.11. The van der Waals surface area contributed by atoms with E-state index >= 15 is 0 Å². The van der Waals surface area contributed by atoms with Gasteiger partial charge in [-0.25, -0.2) is 0 Å². The maximum atomic E-state index is 12.5. The van der Waals surface area contributed by atoms with E-state index in [1.807, 2.05) is 0 Å². The summed E-state index contributed by atoms with van der Waals surface area (Å²) in [6, 6.07) is 5.79. The van der Waals surface area contributed by atoms with Gasteiger partial charge in [-0.15, -0.1) is 0 Å². The van der Waals surface area contributed by atoms with Gasteiger partial charge in [0.2, 0.25) is 5.91 Å². The third-order valence-corrected chi connectivity index (χ3v) is 5.72. The number of halogens is 1. The summed E-state index contributed by atoms with van der Waals surface area (Å²) in [7, 11) is 1.53. The zero-order valence-electron chi connectivity index (χ0n) is 15.8. The Morgan fingerprint density at radius 1 is 1.19 bits per heavy atom. The van der Waals surface area contributed by atoms with E-state index in [4.69, 9.17) is 16.3 Å². The van der Waals surface area contributed by atoms with E-state index in [0.29, 0.717) is 16.3 Å². The molecule has 1 aromatic carbocycles. The summed E-state index contributed by atoms with van der Waals surface area (Å²) < 4.78 is 6.16. The van der Waals surface area contributed by atoms with Crippen LogP contribution in [-0.2, 0) is 4.79 Å². The molecule has 0 spiro atoms. The number of likely N-dealkylation sites (N-methyl/N-ethyl adjacent to an activating group) is 1. The summed E-state index contributed by atoms with van der Waals surface area (Å²) in [4.78, 5) is 26.4. The lowest BCUT2D eigenvalue weighted by atomic mass is 10.0. The first-order chi connectivity index (χ1) is 13.1. The van der Waals surface area contributed by atoms with Crippen molar-refractivity contribution < 1.29 is 14.3 Å². The molecule has 2 fully saturated rings. The van der Waals surface area contributed by atoms with Crippen molar-refractivity contribution in [3.05, 3.63) is 28.8 Å². The van der Waals surface area contributed by atoms with Crippen LogP contribution in [0.4, 0.5) is 0 Å². The van der Waals surface area contributed by atoms with Crippen molar-refractivity contribution >= 4 is 23.4 Å². The number of benzene rings is 1. The van der Waals surface area contributed by atoms with E-state index in [9.17, 15) is 9.59 Å². The molecule has 0 radical (unpaired) electrons. The molecule has 1 aromatic rings. The van der Waals surface area contributed by atoms with Gasteiger partial charge in [0.05, 0.1) is 12.1 Å². The van der Waals surface area contributed by atoms with Crippen LogP contribution in [0.1, 0.15) is 48.9 Å². The number of rotatable bonds is 6. The molecule has 0 unspecified atom stereocenters. The van der Waals surface area contributed by atoms with Crippen molar-refractivity contribution in [2.24, 2.45) is 0 Å². The second kappa shape index (κ2) is 9.42.